The van der Waals surface area contributed by atoms with Gasteiger partial charge in [0.05, 0.1) is 18.3 Å². The van der Waals surface area contributed by atoms with Crippen LogP contribution >= 0.6 is 0 Å². The molecule has 0 radical (unpaired) electrons. The Morgan fingerprint density at radius 2 is 1.95 bits per heavy atom. The summed E-state index contributed by atoms with van der Waals surface area (Å²) < 4.78 is 19.2. The fraction of sp³-hybridized carbons (Fsp3) is 0.531. The number of methoxy groups -OCH3 is 1. The Balaban J connectivity index is 0.000000510. The van der Waals surface area contributed by atoms with E-state index >= 15 is 0 Å². The quantitative estimate of drug-likeness (QED) is 0.267. The predicted molar refractivity (Wildman–Crippen MR) is 166 cm³/mol. The molecule has 214 valence electrons. The number of nitrogens with zero attached hydrogens (tertiary/aromatic N) is 5. The molecular weight excluding hydrogens is 489 g/mol. The van der Waals surface area contributed by atoms with Gasteiger partial charge in [0, 0.05) is 55.9 Å². The summed E-state index contributed by atoms with van der Waals surface area (Å²) >= 11 is 0. The van der Waals surface area contributed by atoms with Gasteiger partial charge in [-0.15, -0.1) is 0 Å². The molecule has 1 aliphatic rings. The summed E-state index contributed by atoms with van der Waals surface area (Å²) in [5, 5.41) is 0.835. The van der Waals surface area contributed by atoms with E-state index in [2.05, 4.69) is 60.6 Å². The van der Waals surface area contributed by atoms with Crippen molar-refractivity contribution in [1.82, 2.24) is 14.8 Å². The Bertz CT molecular complexity index is 1160. The largest absolute Gasteiger partial charge is 0.494 e. The molecule has 1 aromatic carbocycles. The van der Waals surface area contributed by atoms with E-state index in [-0.39, 0.29) is 5.75 Å². The number of aliphatic imine (C=N–C) groups is 2. The fourth-order valence-electron chi connectivity index (χ4n) is 4.47. The number of allylic oxidation sites excluding steroid dienone is 3. The summed E-state index contributed by atoms with van der Waals surface area (Å²) in [6.07, 6.45) is 12.3. The minimum Gasteiger partial charge on any atom is -0.494 e. The van der Waals surface area contributed by atoms with E-state index in [1.807, 2.05) is 25.4 Å². The van der Waals surface area contributed by atoms with Crippen molar-refractivity contribution in [2.75, 3.05) is 47.4 Å². The molecule has 1 aliphatic heterocycles. The van der Waals surface area contributed by atoms with E-state index in [1.54, 1.807) is 19.3 Å². The second kappa shape index (κ2) is 16.8. The maximum absolute atomic E-state index is 14.0. The van der Waals surface area contributed by atoms with Crippen LogP contribution in [0.1, 0.15) is 65.9 Å². The van der Waals surface area contributed by atoms with Gasteiger partial charge in [0.25, 0.3) is 0 Å². The summed E-state index contributed by atoms with van der Waals surface area (Å²) in [7, 11) is 5.44. The molecule has 0 N–H and O–H groups in total. The molecule has 1 fully saturated rings. The van der Waals surface area contributed by atoms with E-state index < -0.39 is 5.82 Å². The average Bonchev–Trinajstić information content (AvgIpc) is 2.91. The van der Waals surface area contributed by atoms with E-state index in [1.165, 1.54) is 45.5 Å². The molecule has 6 nitrogen and oxygen atoms in total. The smallest absolute Gasteiger partial charge is 0.167 e. The Morgan fingerprint density at radius 1 is 1.21 bits per heavy atom. The standard InChI is InChI=1S/C24H29FN4O.C8H19N/c1-6-18(9-19(13-26-4)29-14-16(2)15-29)28-12-17(3)20-7-8-27-23-11-22(25)24(30-5)10-21(20)23;1-4-6-8-9(3)7-5-2/h7-13,16H,6,14-15H2,1-5H3;4-8H2,1-3H3/b17-12+,19-9+,26-13?,28-18-;. The molecule has 2 aromatic rings. The predicted octanol–water partition coefficient (Wildman–Crippen LogP) is 7.26. The molecule has 0 saturated carbocycles. The number of benzene rings is 1. The van der Waals surface area contributed by atoms with Crippen LogP contribution in [-0.2, 0) is 0 Å². The number of rotatable bonds is 12. The molecular formula is C32H48FN5O. The molecule has 39 heavy (non-hydrogen) atoms. The van der Waals surface area contributed by atoms with Crippen LogP contribution in [0.15, 0.2) is 52.4 Å². The normalized spacial score (nSPS) is 15.1. The maximum atomic E-state index is 14.0. The van der Waals surface area contributed by atoms with Crippen molar-refractivity contribution < 1.29 is 9.13 Å². The van der Waals surface area contributed by atoms with Gasteiger partial charge >= 0.3 is 0 Å². The number of hydrogen-bond donors (Lipinski definition) is 0. The summed E-state index contributed by atoms with van der Waals surface area (Å²) in [5.41, 5.74) is 4.58. The summed E-state index contributed by atoms with van der Waals surface area (Å²) in [6, 6.07) is 5.01. The van der Waals surface area contributed by atoms with Gasteiger partial charge in [-0.3, -0.25) is 15.0 Å². The van der Waals surface area contributed by atoms with Crippen molar-refractivity contribution in [3.63, 3.8) is 0 Å². The topological polar surface area (TPSA) is 53.3 Å². The number of fused-ring (bicyclic) bond motifs is 1. The Labute approximate surface area is 235 Å². The number of aromatic nitrogens is 1. The molecule has 0 bridgehead atoms. The summed E-state index contributed by atoms with van der Waals surface area (Å²) in [5.74, 6) is 0.500. The lowest BCUT2D eigenvalue weighted by Crippen LogP contribution is -2.44. The van der Waals surface area contributed by atoms with Crippen LogP contribution < -0.4 is 4.74 Å². The zero-order chi connectivity index (χ0) is 28.8. The SMILES string of the molecule is CCC(/C=C(\C=NC)N1CC(C)C1)=N/C=C(\C)c1ccnc2cc(F)c(OC)cc12.CCCCN(C)CCC. The number of pyridine rings is 1. The van der Waals surface area contributed by atoms with Crippen LogP contribution in [0.2, 0.25) is 0 Å². The van der Waals surface area contributed by atoms with Crippen molar-refractivity contribution in [2.45, 2.75) is 60.3 Å². The first-order valence-electron chi connectivity index (χ1n) is 14.2. The zero-order valence-corrected chi connectivity index (χ0v) is 25.3. The molecule has 0 amide bonds. The third-order valence-electron chi connectivity index (χ3n) is 6.73. The molecule has 0 spiro atoms. The van der Waals surface area contributed by atoms with Crippen molar-refractivity contribution in [3.05, 3.63) is 53.7 Å². The number of ether oxygens (including phenoxy) is 1. The molecule has 7 heteroatoms. The number of hydrogen-bond acceptors (Lipinski definition) is 6. The lowest BCUT2D eigenvalue weighted by molar-refractivity contribution is 0.168. The first-order valence-corrected chi connectivity index (χ1v) is 14.2. The van der Waals surface area contributed by atoms with Gasteiger partial charge < -0.3 is 14.5 Å². The van der Waals surface area contributed by atoms with Crippen LogP contribution in [0.3, 0.4) is 0 Å². The molecule has 0 atom stereocenters. The van der Waals surface area contributed by atoms with E-state index in [9.17, 15) is 4.39 Å². The molecule has 1 aromatic heterocycles. The minimum absolute atomic E-state index is 0.206. The third kappa shape index (κ3) is 9.88. The van der Waals surface area contributed by atoms with Crippen molar-refractivity contribution in [3.8, 4) is 5.75 Å². The van der Waals surface area contributed by atoms with Crippen molar-refractivity contribution >= 4 is 28.4 Å². The second-order valence-electron chi connectivity index (χ2n) is 10.3. The zero-order valence-electron chi connectivity index (χ0n) is 25.3. The highest BCUT2D eigenvalue weighted by molar-refractivity contribution is 6.00. The second-order valence-corrected chi connectivity index (χ2v) is 10.3. The highest BCUT2D eigenvalue weighted by atomic mass is 19.1. The van der Waals surface area contributed by atoms with Gasteiger partial charge in [0.2, 0.25) is 0 Å². The van der Waals surface area contributed by atoms with Crippen LogP contribution in [0.5, 0.6) is 5.75 Å². The first-order chi connectivity index (χ1) is 18.8. The lowest BCUT2D eigenvalue weighted by Gasteiger charge is -2.39. The van der Waals surface area contributed by atoms with Crippen LogP contribution in [0.4, 0.5) is 4.39 Å². The number of likely N-dealkylation sites (tertiary alicyclic amines) is 1. The molecule has 3 rings (SSSR count). The first kappa shape index (κ1) is 32.2. The van der Waals surface area contributed by atoms with Crippen LogP contribution in [0, 0.1) is 11.7 Å². The van der Waals surface area contributed by atoms with E-state index in [0.717, 1.165) is 47.4 Å². The fourth-order valence-corrected chi connectivity index (χ4v) is 4.47. The Hall–Kier alpha value is -3.06. The highest BCUT2D eigenvalue weighted by Gasteiger charge is 2.23. The molecule has 2 heterocycles. The van der Waals surface area contributed by atoms with E-state index in [0.29, 0.717) is 11.4 Å². The van der Waals surface area contributed by atoms with Crippen LogP contribution in [0.25, 0.3) is 16.5 Å². The van der Waals surface area contributed by atoms with E-state index in [4.69, 9.17) is 9.73 Å². The summed E-state index contributed by atoms with van der Waals surface area (Å²) in [6.45, 7) is 15.4. The molecule has 0 aliphatic carbocycles. The van der Waals surface area contributed by atoms with Gasteiger partial charge in [0.15, 0.2) is 11.6 Å². The maximum Gasteiger partial charge on any atom is 0.167 e. The van der Waals surface area contributed by atoms with Gasteiger partial charge in [-0.1, -0.05) is 34.1 Å². The average molecular weight is 538 g/mol. The van der Waals surface area contributed by atoms with Gasteiger partial charge in [0.1, 0.15) is 0 Å². The molecule has 1 saturated heterocycles. The van der Waals surface area contributed by atoms with Gasteiger partial charge in [-0.05, 0) is 81.6 Å². The minimum atomic E-state index is -0.418. The lowest BCUT2D eigenvalue weighted by atomic mass is 10.0. The van der Waals surface area contributed by atoms with Crippen molar-refractivity contribution in [2.24, 2.45) is 15.9 Å². The van der Waals surface area contributed by atoms with Gasteiger partial charge in [-0.2, -0.15) is 0 Å². The van der Waals surface area contributed by atoms with Gasteiger partial charge in [-0.25, -0.2) is 4.39 Å². The number of unbranched alkanes of at least 4 members (excludes halogenated alkanes) is 1. The number of halogens is 1. The Morgan fingerprint density at radius 3 is 2.54 bits per heavy atom. The highest BCUT2D eigenvalue weighted by Crippen LogP contribution is 2.29. The third-order valence-corrected chi connectivity index (χ3v) is 6.73. The monoisotopic (exact) mass is 537 g/mol. The Kier molecular flexibility index (Phi) is 13.9. The summed E-state index contributed by atoms with van der Waals surface area (Å²) in [4.78, 5) is 17.9. The van der Waals surface area contributed by atoms with Crippen molar-refractivity contribution in [1.29, 1.82) is 0 Å². The van der Waals surface area contributed by atoms with Crippen LogP contribution in [-0.4, -0.2) is 74.1 Å². The molecule has 0 unspecified atom stereocenters.